The Morgan fingerprint density at radius 3 is 2.06 bits per heavy atom. The van der Waals surface area contributed by atoms with E-state index in [2.05, 4.69) is 46.9 Å². The number of allylic oxidation sites excluding steroid dienone is 5. The van der Waals surface area contributed by atoms with Crippen LogP contribution in [0.5, 0.6) is 0 Å². The van der Waals surface area contributed by atoms with E-state index in [0.29, 0.717) is 5.92 Å². The van der Waals surface area contributed by atoms with Gasteiger partial charge in [-0.15, -0.1) is 24.8 Å². The molecule has 2 unspecified atom stereocenters. The first-order valence-electron chi connectivity index (χ1n) is 10.5. The van der Waals surface area contributed by atoms with Crippen LogP contribution in [0.3, 0.4) is 0 Å². The number of hydrogen-bond acceptors (Lipinski definition) is 0. The SMILES string of the molecule is CC1=C(C)C(C)[C]([Zr]([CH]2C=C(c3ccccc3)c3cc(F)cc(F)c32)=[Si](C)C)=C1C.Cl.Cl. The van der Waals surface area contributed by atoms with E-state index in [-0.39, 0.29) is 34.3 Å². The summed E-state index contributed by atoms with van der Waals surface area (Å²) in [6.07, 6.45) is 2.30. The molecule has 2 aliphatic rings. The third-order valence-electron chi connectivity index (χ3n) is 6.89. The van der Waals surface area contributed by atoms with Gasteiger partial charge in [0, 0.05) is 0 Å². The van der Waals surface area contributed by atoms with Crippen LogP contribution in [0.4, 0.5) is 8.78 Å². The van der Waals surface area contributed by atoms with Crippen molar-refractivity contribution in [3.05, 3.63) is 96.9 Å². The van der Waals surface area contributed by atoms with Crippen molar-refractivity contribution in [3.63, 3.8) is 0 Å². The Hall–Kier alpha value is -0.800. The van der Waals surface area contributed by atoms with Crippen LogP contribution in [0.25, 0.3) is 5.57 Å². The number of benzene rings is 2. The van der Waals surface area contributed by atoms with E-state index in [1.54, 1.807) is 9.35 Å². The third-order valence-corrected chi connectivity index (χ3v) is 25.4. The average Bonchev–Trinajstić information content (AvgIpc) is 3.16. The predicted molar refractivity (Wildman–Crippen MR) is 135 cm³/mol. The van der Waals surface area contributed by atoms with E-state index < -0.39 is 31.6 Å². The smallest absolute Gasteiger partial charge is 0.147 e. The summed E-state index contributed by atoms with van der Waals surface area (Å²) in [6, 6.07) is 12.7. The van der Waals surface area contributed by atoms with Crippen molar-refractivity contribution in [2.45, 2.75) is 44.4 Å². The van der Waals surface area contributed by atoms with E-state index >= 15 is 4.39 Å². The maximum atomic E-state index is 15.3. The molecule has 0 saturated carbocycles. The van der Waals surface area contributed by atoms with Gasteiger partial charge in [-0.25, -0.2) is 0 Å². The monoisotopic (exact) mass is 568 g/mol. The van der Waals surface area contributed by atoms with Gasteiger partial charge in [-0.1, -0.05) is 0 Å². The average molecular weight is 571 g/mol. The van der Waals surface area contributed by atoms with E-state index in [1.165, 1.54) is 16.7 Å². The number of rotatable bonds is 3. The van der Waals surface area contributed by atoms with Gasteiger partial charge in [0.15, 0.2) is 0 Å². The molecule has 32 heavy (non-hydrogen) atoms. The molecule has 4 rings (SSSR count). The van der Waals surface area contributed by atoms with Gasteiger partial charge in [0.25, 0.3) is 0 Å². The zero-order valence-corrected chi connectivity index (χ0v) is 24.4. The second-order valence-electron chi connectivity index (χ2n) is 8.75. The van der Waals surface area contributed by atoms with Gasteiger partial charge in [-0.3, -0.25) is 0 Å². The minimum absolute atomic E-state index is 0. The predicted octanol–water partition coefficient (Wildman–Crippen LogP) is 8.42. The summed E-state index contributed by atoms with van der Waals surface area (Å²) < 4.78 is 31.3. The van der Waals surface area contributed by atoms with Gasteiger partial charge in [0.05, 0.1) is 0 Å². The topological polar surface area (TPSA) is 0 Å². The zero-order valence-electron chi connectivity index (χ0n) is 19.3. The molecule has 0 nitrogen and oxygen atoms in total. The fourth-order valence-corrected chi connectivity index (χ4v) is 24.8. The summed E-state index contributed by atoms with van der Waals surface area (Å²) in [5.74, 6) is -0.403. The molecule has 170 valence electrons. The molecular weight excluding hydrogens is 540 g/mol. The zero-order chi connectivity index (χ0) is 21.7. The summed E-state index contributed by atoms with van der Waals surface area (Å²) in [5.41, 5.74) is 7.28. The number of fused-ring (bicyclic) bond motifs is 1. The van der Waals surface area contributed by atoms with Crippen molar-refractivity contribution in [1.29, 1.82) is 0 Å². The number of hydrogen-bond donors (Lipinski definition) is 0. The Balaban J connectivity index is 0.00000181. The summed E-state index contributed by atoms with van der Waals surface area (Å²) in [7, 11) is 0. The first kappa shape index (κ1) is 27.4. The van der Waals surface area contributed by atoms with Crippen LogP contribution in [-0.2, 0) is 20.4 Å². The van der Waals surface area contributed by atoms with Crippen LogP contribution in [0.1, 0.15) is 48.0 Å². The molecular formula is C26H30Cl2F2SiZr. The fraction of sp³-hybridized carbons (Fsp3) is 0.308. The Kier molecular flexibility index (Phi) is 9.12. The Morgan fingerprint density at radius 2 is 1.53 bits per heavy atom. The van der Waals surface area contributed by atoms with Crippen LogP contribution in [-0.4, -0.2) is 5.43 Å². The molecule has 2 atom stereocenters. The Labute approximate surface area is 210 Å². The molecule has 6 heteroatoms. The quantitative estimate of drug-likeness (QED) is 0.325. The van der Waals surface area contributed by atoms with Gasteiger partial charge in [-0.05, 0) is 0 Å². The maximum Gasteiger partial charge on any atom is -0.147 e. The molecule has 0 bridgehead atoms. The maximum absolute atomic E-state index is 15.3. The normalized spacial score (nSPS) is 19.3. The van der Waals surface area contributed by atoms with Crippen molar-refractivity contribution in [2.75, 3.05) is 0 Å². The van der Waals surface area contributed by atoms with Crippen LogP contribution >= 0.6 is 24.8 Å². The van der Waals surface area contributed by atoms with Crippen molar-refractivity contribution in [2.24, 2.45) is 5.92 Å². The molecule has 0 amide bonds. The first-order chi connectivity index (χ1) is 14.2. The van der Waals surface area contributed by atoms with E-state index in [1.807, 2.05) is 30.3 Å². The Morgan fingerprint density at radius 1 is 0.906 bits per heavy atom. The molecule has 0 heterocycles. The molecule has 2 aromatic carbocycles. The molecule has 0 aromatic heterocycles. The van der Waals surface area contributed by atoms with Crippen molar-refractivity contribution >= 4 is 35.8 Å². The second-order valence-corrected chi connectivity index (χ2v) is 26.2. The summed E-state index contributed by atoms with van der Waals surface area (Å²) in [5, 5.41) is 0. The van der Waals surface area contributed by atoms with E-state index in [4.69, 9.17) is 0 Å². The molecule has 0 fully saturated rings. The van der Waals surface area contributed by atoms with Gasteiger partial charge < -0.3 is 0 Å². The van der Waals surface area contributed by atoms with E-state index in [0.717, 1.165) is 28.3 Å². The standard InChI is InChI=1S/C15H9F2.C9H13.C2H6Si.2ClH.Zr/c16-11-8-14-12(10-4-2-1-3-5-10)6-7-13(14)15(17)9-11;1-6-5-7(2)9(4)8(6)3;1-3-2;;;/h1-9H;6H,1-4H3;1-2H3;2*1H;. The van der Waals surface area contributed by atoms with Crippen molar-refractivity contribution < 1.29 is 29.1 Å². The van der Waals surface area contributed by atoms with Crippen LogP contribution in [0, 0.1) is 17.6 Å². The molecule has 0 aliphatic heterocycles. The number of halogens is 4. The molecule has 0 N–H and O–H groups in total. The Bertz CT molecular complexity index is 1180. The second kappa shape index (κ2) is 10.6. The van der Waals surface area contributed by atoms with Gasteiger partial charge >= 0.3 is 187 Å². The molecule has 2 aliphatic carbocycles. The fourth-order valence-electron chi connectivity index (χ4n) is 5.11. The third kappa shape index (κ3) is 4.58. The summed E-state index contributed by atoms with van der Waals surface area (Å²) in [6.45, 7) is 13.9. The van der Waals surface area contributed by atoms with Crippen LogP contribution < -0.4 is 0 Å². The van der Waals surface area contributed by atoms with Crippen molar-refractivity contribution in [3.8, 4) is 0 Å². The van der Waals surface area contributed by atoms with Gasteiger partial charge in [-0.2, -0.15) is 0 Å². The van der Waals surface area contributed by atoms with Gasteiger partial charge in [0.1, 0.15) is 0 Å². The summed E-state index contributed by atoms with van der Waals surface area (Å²) in [4.78, 5) is 0. The molecule has 0 radical (unpaired) electrons. The van der Waals surface area contributed by atoms with Crippen LogP contribution in [0.15, 0.2) is 68.5 Å². The van der Waals surface area contributed by atoms with Gasteiger partial charge in [0.2, 0.25) is 0 Å². The summed E-state index contributed by atoms with van der Waals surface area (Å²) >= 11 is -2.30. The van der Waals surface area contributed by atoms with Crippen molar-refractivity contribution in [1.82, 2.24) is 0 Å². The largest absolute Gasteiger partial charge is 0.147 e. The minimum atomic E-state index is -2.30. The van der Waals surface area contributed by atoms with Crippen LogP contribution in [0.2, 0.25) is 13.1 Å². The minimum Gasteiger partial charge on any atom is -0.147 e. The van der Waals surface area contributed by atoms with E-state index in [9.17, 15) is 4.39 Å². The molecule has 0 spiro atoms. The first-order valence-corrected chi connectivity index (χ1v) is 19.4. The molecule has 2 aromatic rings. The molecule has 0 saturated heterocycles.